The van der Waals surface area contributed by atoms with Crippen molar-refractivity contribution in [3.05, 3.63) is 70.2 Å². The SMILES string of the molecule is CC(C)(C)CC(C)(C)NC(=O)N1CC(OC(c2ccc(Cl)cc2)c2ccccc2C(F)(F)F)C1. The third-order valence-corrected chi connectivity index (χ3v) is 5.85. The van der Waals surface area contributed by atoms with E-state index in [0.29, 0.717) is 23.7 Å². The van der Waals surface area contributed by atoms with Crippen molar-refractivity contribution in [1.29, 1.82) is 0 Å². The Morgan fingerprint density at radius 3 is 2.21 bits per heavy atom. The highest BCUT2D eigenvalue weighted by Crippen LogP contribution is 2.39. The zero-order chi connectivity index (χ0) is 25.3. The fraction of sp³-hybridized carbons (Fsp3) is 0.500. The molecule has 1 saturated heterocycles. The number of rotatable bonds is 6. The lowest BCUT2D eigenvalue weighted by Crippen LogP contribution is -2.61. The highest BCUT2D eigenvalue weighted by Gasteiger charge is 2.39. The molecule has 8 heteroatoms. The Balaban J connectivity index is 1.74. The van der Waals surface area contributed by atoms with E-state index >= 15 is 0 Å². The van der Waals surface area contributed by atoms with E-state index < -0.39 is 29.5 Å². The number of amides is 2. The highest BCUT2D eigenvalue weighted by atomic mass is 35.5. The molecule has 2 aromatic rings. The molecule has 1 unspecified atom stereocenters. The zero-order valence-electron chi connectivity index (χ0n) is 20.2. The number of alkyl halides is 3. The van der Waals surface area contributed by atoms with Crippen LogP contribution in [-0.4, -0.2) is 35.7 Å². The fourth-order valence-corrected chi connectivity index (χ4v) is 4.70. The smallest absolute Gasteiger partial charge is 0.362 e. The number of ether oxygens (including phenoxy) is 1. The van der Waals surface area contributed by atoms with Gasteiger partial charge in [0.2, 0.25) is 0 Å². The number of hydrogen-bond acceptors (Lipinski definition) is 2. The normalized spacial score (nSPS) is 16.2. The molecule has 0 bridgehead atoms. The number of likely N-dealkylation sites (tertiary alicyclic amines) is 1. The lowest BCUT2D eigenvalue weighted by Gasteiger charge is -2.43. The Morgan fingerprint density at radius 2 is 1.65 bits per heavy atom. The molecule has 0 radical (unpaired) electrons. The number of halogens is 4. The number of hydrogen-bond donors (Lipinski definition) is 1. The van der Waals surface area contributed by atoms with E-state index in [1.54, 1.807) is 35.2 Å². The first kappa shape index (κ1) is 26.4. The predicted molar refractivity (Wildman–Crippen MR) is 128 cm³/mol. The van der Waals surface area contributed by atoms with E-state index in [2.05, 4.69) is 26.1 Å². The molecule has 1 aliphatic heterocycles. The van der Waals surface area contributed by atoms with Gasteiger partial charge >= 0.3 is 12.2 Å². The van der Waals surface area contributed by atoms with Gasteiger partial charge in [0.1, 0.15) is 6.10 Å². The van der Waals surface area contributed by atoms with E-state index in [9.17, 15) is 18.0 Å². The molecular formula is C26H32ClF3N2O2. The first-order valence-corrected chi connectivity index (χ1v) is 11.7. The standard InChI is InChI=1S/C26H32ClF3N2O2/c1-24(2,3)16-25(4,5)31-23(33)32-14-19(15-32)34-22(17-10-12-18(27)13-11-17)20-8-6-7-9-21(20)26(28,29)30/h6-13,19,22H,14-16H2,1-5H3,(H,31,33). The second-order valence-electron chi connectivity index (χ2n) is 10.7. The van der Waals surface area contributed by atoms with Crippen LogP contribution in [0.15, 0.2) is 48.5 Å². The molecule has 0 aliphatic carbocycles. The lowest BCUT2D eigenvalue weighted by molar-refractivity contribution is -0.140. The molecule has 1 atom stereocenters. The summed E-state index contributed by atoms with van der Waals surface area (Å²) in [5.41, 5.74) is -0.483. The maximum absolute atomic E-state index is 13.7. The van der Waals surface area contributed by atoms with E-state index in [-0.39, 0.29) is 17.0 Å². The monoisotopic (exact) mass is 496 g/mol. The van der Waals surface area contributed by atoms with Crippen LogP contribution < -0.4 is 5.32 Å². The summed E-state index contributed by atoms with van der Waals surface area (Å²) in [7, 11) is 0. The fourth-order valence-electron chi connectivity index (χ4n) is 4.57. The quantitative estimate of drug-likeness (QED) is 0.464. The number of benzene rings is 2. The molecule has 2 aromatic carbocycles. The number of nitrogens with zero attached hydrogens (tertiary/aromatic N) is 1. The molecule has 3 rings (SSSR count). The van der Waals surface area contributed by atoms with Gasteiger partial charge in [-0.2, -0.15) is 13.2 Å². The van der Waals surface area contributed by atoms with Gasteiger partial charge in [-0.05, 0) is 55.0 Å². The van der Waals surface area contributed by atoms with Gasteiger partial charge in [0, 0.05) is 10.6 Å². The van der Waals surface area contributed by atoms with Gasteiger partial charge in [-0.3, -0.25) is 0 Å². The van der Waals surface area contributed by atoms with E-state index in [1.165, 1.54) is 12.1 Å². The molecule has 0 aromatic heterocycles. The summed E-state index contributed by atoms with van der Waals surface area (Å²) in [6.07, 6.45) is -5.05. The third kappa shape index (κ3) is 6.89. The number of carbonyl (C=O) groups excluding carboxylic acids is 1. The van der Waals surface area contributed by atoms with Crippen molar-refractivity contribution >= 4 is 17.6 Å². The van der Waals surface area contributed by atoms with Crippen molar-refractivity contribution in [2.45, 2.75) is 65.0 Å². The highest BCUT2D eigenvalue weighted by molar-refractivity contribution is 6.30. The van der Waals surface area contributed by atoms with Gasteiger partial charge in [0.25, 0.3) is 0 Å². The van der Waals surface area contributed by atoms with Crippen LogP contribution in [0.1, 0.15) is 63.8 Å². The number of urea groups is 1. The van der Waals surface area contributed by atoms with Gasteiger partial charge in [0.05, 0.1) is 24.8 Å². The molecule has 0 saturated carbocycles. The summed E-state index contributed by atoms with van der Waals surface area (Å²) in [4.78, 5) is 14.3. The van der Waals surface area contributed by atoms with E-state index in [4.69, 9.17) is 16.3 Å². The Bertz CT molecular complexity index is 994. The summed E-state index contributed by atoms with van der Waals surface area (Å²) in [5, 5.41) is 3.54. The predicted octanol–water partition coefficient (Wildman–Crippen LogP) is 7.07. The van der Waals surface area contributed by atoms with Gasteiger partial charge in [-0.25, -0.2) is 4.79 Å². The van der Waals surface area contributed by atoms with Crippen molar-refractivity contribution in [1.82, 2.24) is 10.2 Å². The zero-order valence-corrected chi connectivity index (χ0v) is 20.9. The Kier molecular flexibility index (Phi) is 7.58. The lowest BCUT2D eigenvalue weighted by atomic mass is 9.82. The van der Waals surface area contributed by atoms with Gasteiger partial charge in [-0.1, -0.05) is 62.7 Å². The average Bonchev–Trinajstić information content (AvgIpc) is 2.65. The van der Waals surface area contributed by atoms with Crippen LogP contribution in [0, 0.1) is 5.41 Å². The summed E-state index contributed by atoms with van der Waals surface area (Å²) in [6.45, 7) is 10.9. The first-order valence-electron chi connectivity index (χ1n) is 11.3. The van der Waals surface area contributed by atoms with Crippen molar-refractivity contribution in [3.63, 3.8) is 0 Å². The van der Waals surface area contributed by atoms with E-state index in [0.717, 1.165) is 12.5 Å². The Morgan fingerprint density at radius 1 is 1.06 bits per heavy atom. The summed E-state index contributed by atoms with van der Waals surface area (Å²) >= 11 is 5.99. The van der Waals surface area contributed by atoms with Crippen molar-refractivity contribution in [3.8, 4) is 0 Å². The van der Waals surface area contributed by atoms with Gasteiger partial charge in [-0.15, -0.1) is 0 Å². The Labute approximate surface area is 204 Å². The molecule has 34 heavy (non-hydrogen) atoms. The van der Waals surface area contributed by atoms with E-state index in [1.807, 2.05) is 13.8 Å². The minimum atomic E-state index is -4.52. The second kappa shape index (κ2) is 9.78. The minimum absolute atomic E-state index is 0.0338. The molecule has 1 fully saturated rings. The van der Waals surface area contributed by atoms with Crippen LogP contribution in [0.3, 0.4) is 0 Å². The Hall–Kier alpha value is -2.25. The van der Waals surface area contributed by atoms with Gasteiger partial charge in [0.15, 0.2) is 0 Å². The van der Waals surface area contributed by atoms with Crippen molar-refractivity contribution in [2.75, 3.05) is 13.1 Å². The number of nitrogens with one attached hydrogen (secondary N) is 1. The number of carbonyl (C=O) groups is 1. The molecular weight excluding hydrogens is 465 g/mol. The minimum Gasteiger partial charge on any atom is -0.362 e. The third-order valence-electron chi connectivity index (χ3n) is 5.60. The second-order valence-corrected chi connectivity index (χ2v) is 11.2. The molecule has 1 aliphatic rings. The van der Waals surface area contributed by atoms with Crippen LogP contribution in [0.25, 0.3) is 0 Å². The molecule has 0 spiro atoms. The molecule has 1 heterocycles. The molecule has 4 nitrogen and oxygen atoms in total. The average molecular weight is 497 g/mol. The van der Waals surface area contributed by atoms with Crippen LogP contribution in [0.2, 0.25) is 5.02 Å². The molecule has 186 valence electrons. The van der Waals surface area contributed by atoms with Crippen LogP contribution in [0.4, 0.5) is 18.0 Å². The summed E-state index contributed by atoms with van der Waals surface area (Å²) in [6, 6.07) is 11.8. The maximum Gasteiger partial charge on any atom is 0.416 e. The van der Waals surface area contributed by atoms with Crippen LogP contribution in [-0.2, 0) is 10.9 Å². The summed E-state index contributed by atoms with van der Waals surface area (Å²) in [5.74, 6) is 0. The molecule has 1 N–H and O–H groups in total. The van der Waals surface area contributed by atoms with Crippen molar-refractivity contribution < 1.29 is 22.7 Å². The topological polar surface area (TPSA) is 41.6 Å². The van der Waals surface area contributed by atoms with Crippen molar-refractivity contribution in [2.24, 2.45) is 5.41 Å². The summed E-state index contributed by atoms with van der Waals surface area (Å²) < 4.78 is 47.3. The first-order chi connectivity index (χ1) is 15.6. The van der Waals surface area contributed by atoms with Crippen LogP contribution in [0.5, 0.6) is 0 Å². The molecule has 2 amide bonds. The van der Waals surface area contributed by atoms with Gasteiger partial charge < -0.3 is 15.0 Å². The largest absolute Gasteiger partial charge is 0.416 e. The maximum atomic E-state index is 13.7. The van der Waals surface area contributed by atoms with Crippen LogP contribution >= 0.6 is 11.6 Å².